The van der Waals surface area contributed by atoms with Crippen LogP contribution in [0.2, 0.25) is 0 Å². The SMILES string of the molecule is CN=C(NCCn1c(C)nc2ccccc21)NC1CCN(C(=O)C2CCCC2)C1.I. The highest BCUT2D eigenvalue weighted by Gasteiger charge is 2.32. The maximum absolute atomic E-state index is 12.6. The van der Waals surface area contributed by atoms with Crippen LogP contribution in [0.25, 0.3) is 11.0 Å². The van der Waals surface area contributed by atoms with Crippen molar-refractivity contribution >= 4 is 46.9 Å². The van der Waals surface area contributed by atoms with E-state index in [1.54, 1.807) is 7.05 Å². The van der Waals surface area contributed by atoms with Crippen LogP contribution in [0.4, 0.5) is 0 Å². The summed E-state index contributed by atoms with van der Waals surface area (Å²) in [6, 6.07) is 8.49. The summed E-state index contributed by atoms with van der Waals surface area (Å²) in [6.07, 6.45) is 5.52. The van der Waals surface area contributed by atoms with Crippen molar-refractivity contribution in [2.75, 3.05) is 26.7 Å². The van der Waals surface area contributed by atoms with Gasteiger partial charge < -0.3 is 20.1 Å². The summed E-state index contributed by atoms with van der Waals surface area (Å²) in [5.74, 6) is 2.44. The normalized spacial score (nSPS) is 19.9. The largest absolute Gasteiger partial charge is 0.355 e. The van der Waals surface area contributed by atoms with Crippen molar-refractivity contribution in [3.63, 3.8) is 0 Å². The fourth-order valence-corrected chi connectivity index (χ4v) is 4.66. The average molecular weight is 524 g/mol. The van der Waals surface area contributed by atoms with Crippen molar-refractivity contribution in [1.29, 1.82) is 0 Å². The zero-order valence-electron chi connectivity index (χ0n) is 17.9. The summed E-state index contributed by atoms with van der Waals surface area (Å²) in [5.41, 5.74) is 2.19. The highest BCUT2D eigenvalue weighted by atomic mass is 127. The number of amides is 1. The van der Waals surface area contributed by atoms with E-state index in [9.17, 15) is 4.79 Å². The summed E-state index contributed by atoms with van der Waals surface area (Å²) < 4.78 is 2.23. The van der Waals surface area contributed by atoms with Crippen molar-refractivity contribution in [2.45, 2.75) is 51.6 Å². The molecule has 164 valence electrons. The Morgan fingerprint density at radius 3 is 2.77 bits per heavy atom. The topological polar surface area (TPSA) is 74.6 Å². The first-order valence-electron chi connectivity index (χ1n) is 10.8. The number of carbonyl (C=O) groups excluding carboxylic acids is 1. The van der Waals surface area contributed by atoms with Gasteiger partial charge in [0.05, 0.1) is 11.0 Å². The molecule has 2 aromatic rings. The molecule has 7 nitrogen and oxygen atoms in total. The van der Waals surface area contributed by atoms with Gasteiger partial charge in [0.15, 0.2) is 5.96 Å². The summed E-state index contributed by atoms with van der Waals surface area (Å²) in [7, 11) is 1.80. The molecular formula is C22H33IN6O. The first-order chi connectivity index (χ1) is 14.2. The van der Waals surface area contributed by atoms with Crippen LogP contribution in [0.3, 0.4) is 0 Å². The number of nitrogens with zero attached hydrogens (tertiary/aromatic N) is 4. The van der Waals surface area contributed by atoms with Crippen LogP contribution >= 0.6 is 24.0 Å². The minimum Gasteiger partial charge on any atom is -0.355 e. The second-order valence-corrected chi connectivity index (χ2v) is 8.19. The molecule has 1 aliphatic heterocycles. The smallest absolute Gasteiger partial charge is 0.225 e. The van der Waals surface area contributed by atoms with E-state index >= 15 is 0 Å². The Morgan fingerprint density at radius 1 is 1.23 bits per heavy atom. The van der Waals surface area contributed by atoms with E-state index in [4.69, 9.17) is 0 Å². The molecule has 2 aliphatic rings. The molecule has 1 aliphatic carbocycles. The van der Waals surface area contributed by atoms with Crippen LogP contribution in [-0.2, 0) is 11.3 Å². The van der Waals surface area contributed by atoms with Crippen LogP contribution in [0, 0.1) is 12.8 Å². The molecule has 2 heterocycles. The van der Waals surface area contributed by atoms with Crippen molar-refractivity contribution < 1.29 is 4.79 Å². The molecule has 1 aromatic carbocycles. The molecule has 0 spiro atoms. The molecule has 4 rings (SSSR count). The zero-order valence-corrected chi connectivity index (χ0v) is 20.3. The number of nitrogens with one attached hydrogen (secondary N) is 2. The number of para-hydroxylation sites is 2. The van der Waals surface area contributed by atoms with Crippen molar-refractivity contribution in [2.24, 2.45) is 10.9 Å². The standard InChI is InChI=1S/C22H32N6O.HI/c1-16-25-19-9-5-6-10-20(19)28(16)14-12-24-22(23-2)26-18-11-13-27(15-18)21(29)17-7-3-4-8-17;/h5-6,9-10,17-18H,3-4,7-8,11-15H2,1-2H3,(H2,23,24,26);1H. The Hall–Kier alpha value is -1.84. The number of benzene rings is 1. The molecule has 8 heteroatoms. The molecule has 1 unspecified atom stereocenters. The lowest BCUT2D eigenvalue weighted by Crippen LogP contribution is -2.46. The van der Waals surface area contributed by atoms with E-state index in [-0.39, 0.29) is 35.9 Å². The molecule has 2 fully saturated rings. The van der Waals surface area contributed by atoms with Crippen molar-refractivity contribution in [3.8, 4) is 0 Å². The van der Waals surface area contributed by atoms with Gasteiger partial charge in [-0.1, -0.05) is 25.0 Å². The number of imidazole rings is 1. The molecule has 2 N–H and O–H groups in total. The molecule has 1 saturated heterocycles. The Morgan fingerprint density at radius 2 is 2.00 bits per heavy atom. The minimum absolute atomic E-state index is 0. The Balaban J connectivity index is 0.00000256. The minimum atomic E-state index is 0. The second-order valence-electron chi connectivity index (χ2n) is 8.19. The number of hydrogen-bond donors (Lipinski definition) is 2. The van der Waals surface area contributed by atoms with Gasteiger partial charge in [-0.25, -0.2) is 4.98 Å². The maximum Gasteiger partial charge on any atom is 0.225 e. The molecule has 1 amide bonds. The first kappa shape index (κ1) is 22.8. The Bertz CT molecular complexity index is 889. The fourth-order valence-electron chi connectivity index (χ4n) is 4.66. The molecule has 30 heavy (non-hydrogen) atoms. The quantitative estimate of drug-likeness (QED) is 0.359. The van der Waals surface area contributed by atoms with Gasteiger partial charge in [-0.15, -0.1) is 24.0 Å². The number of halogens is 1. The van der Waals surface area contributed by atoms with Gasteiger partial charge in [0.2, 0.25) is 5.91 Å². The number of guanidine groups is 1. The van der Waals surface area contributed by atoms with Gasteiger partial charge >= 0.3 is 0 Å². The highest BCUT2D eigenvalue weighted by Crippen LogP contribution is 2.27. The lowest BCUT2D eigenvalue weighted by atomic mass is 10.1. The molecular weight excluding hydrogens is 491 g/mol. The van der Waals surface area contributed by atoms with Gasteiger partial charge in [0, 0.05) is 45.2 Å². The lowest BCUT2D eigenvalue weighted by Gasteiger charge is -2.21. The van der Waals surface area contributed by atoms with E-state index in [1.165, 1.54) is 12.8 Å². The molecule has 0 bridgehead atoms. The zero-order chi connectivity index (χ0) is 20.2. The van der Waals surface area contributed by atoms with E-state index in [2.05, 4.69) is 31.2 Å². The third-order valence-corrected chi connectivity index (χ3v) is 6.24. The number of aryl methyl sites for hydroxylation is 1. The number of aromatic nitrogens is 2. The average Bonchev–Trinajstić information content (AvgIpc) is 3.47. The predicted octanol–water partition coefficient (Wildman–Crippen LogP) is 2.92. The number of hydrogen-bond acceptors (Lipinski definition) is 3. The van der Waals surface area contributed by atoms with Gasteiger partial charge in [-0.3, -0.25) is 9.79 Å². The summed E-state index contributed by atoms with van der Waals surface area (Å²) in [4.78, 5) is 23.7. The van der Waals surface area contributed by atoms with E-state index < -0.39 is 0 Å². The monoisotopic (exact) mass is 524 g/mol. The van der Waals surface area contributed by atoms with Crippen LogP contribution < -0.4 is 10.6 Å². The van der Waals surface area contributed by atoms with Gasteiger partial charge in [0.1, 0.15) is 5.82 Å². The number of carbonyl (C=O) groups is 1. The predicted molar refractivity (Wildman–Crippen MR) is 131 cm³/mol. The van der Waals surface area contributed by atoms with Crippen molar-refractivity contribution in [1.82, 2.24) is 25.1 Å². The third kappa shape index (κ3) is 5.07. The van der Waals surface area contributed by atoms with E-state index in [1.807, 2.05) is 30.0 Å². The number of rotatable bonds is 5. The third-order valence-electron chi connectivity index (χ3n) is 6.24. The molecule has 1 saturated carbocycles. The van der Waals surface area contributed by atoms with E-state index in [0.717, 1.165) is 68.3 Å². The number of aliphatic imine (C=N–C) groups is 1. The molecule has 1 aromatic heterocycles. The van der Waals surface area contributed by atoms with Gasteiger partial charge in [-0.2, -0.15) is 0 Å². The van der Waals surface area contributed by atoms with Crippen LogP contribution in [-0.4, -0.2) is 59.0 Å². The fraction of sp³-hybridized carbons (Fsp3) is 0.591. The lowest BCUT2D eigenvalue weighted by molar-refractivity contribution is -0.134. The van der Waals surface area contributed by atoms with Crippen LogP contribution in [0.15, 0.2) is 29.3 Å². The summed E-state index contributed by atoms with van der Waals surface area (Å²) in [6.45, 7) is 5.26. The number of likely N-dealkylation sites (tertiary alicyclic amines) is 1. The van der Waals surface area contributed by atoms with Crippen LogP contribution in [0.5, 0.6) is 0 Å². The summed E-state index contributed by atoms with van der Waals surface area (Å²) in [5, 5.41) is 6.91. The maximum atomic E-state index is 12.6. The van der Waals surface area contributed by atoms with Crippen molar-refractivity contribution in [3.05, 3.63) is 30.1 Å². The van der Waals surface area contributed by atoms with Gasteiger partial charge in [0.25, 0.3) is 0 Å². The van der Waals surface area contributed by atoms with E-state index in [0.29, 0.717) is 5.91 Å². The molecule has 1 atom stereocenters. The number of fused-ring (bicyclic) bond motifs is 1. The first-order valence-corrected chi connectivity index (χ1v) is 10.8. The second kappa shape index (κ2) is 10.5. The van der Waals surface area contributed by atoms with Gasteiger partial charge in [-0.05, 0) is 38.3 Å². The highest BCUT2D eigenvalue weighted by molar-refractivity contribution is 14.0. The Labute approximate surface area is 195 Å². The Kier molecular flexibility index (Phi) is 7.96. The summed E-state index contributed by atoms with van der Waals surface area (Å²) >= 11 is 0. The molecule has 0 radical (unpaired) electrons. The van der Waals surface area contributed by atoms with Crippen LogP contribution in [0.1, 0.15) is 37.9 Å².